The lowest BCUT2D eigenvalue weighted by Gasteiger charge is -2.37. The topological polar surface area (TPSA) is 0 Å². The standard InChI is InChI=1S/C23H32/c1-3-4-5-19-8-12-21(13-9-19)23-16-14-22(15-17-23)20-10-6-18(2)7-11-20/h3,6-7,10-11,19,23H,1,4-5,8-9,12-17H2,2H3. The molecule has 2 aliphatic rings. The minimum absolute atomic E-state index is 0.921. The number of benzene rings is 1. The second kappa shape index (κ2) is 8.18. The first-order chi connectivity index (χ1) is 11.3. The van der Waals surface area contributed by atoms with Crippen LogP contribution in [0.1, 0.15) is 75.3 Å². The summed E-state index contributed by atoms with van der Waals surface area (Å²) in [6, 6.07) is 9.16. The summed E-state index contributed by atoms with van der Waals surface area (Å²) >= 11 is 0. The van der Waals surface area contributed by atoms with Gasteiger partial charge in [0.25, 0.3) is 0 Å². The van der Waals surface area contributed by atoms with E-state index in [1.807, 2.05) is 5.92 Å². The maximum absolute atomic E-state index is 3.86. The van der Waals surface area contributed by atoms with Gasteiger partial charge in [-0.1, -0.05) is 35.9 Å². The Kier molecular flexibility index (Phi) is 5.97. The SMILES string of the molecule is C=CCCC1CC[C](C2CC[C](c3ccc(C)cc3)CC2)CC1. The molecule has 0 spiro atoms. The molecular formula is C23H32. The molecule has 2 aliphatic carbocycles. The molecule has 0 saturated heterocycles. The van der Waals surface area contributed by atoms with Crippen molar-refractivity contribution in [2.75, 3.05) is 0 Å². The van der Waals surface area contributed by atoms with Gasteiger partial charge in [-0.3, -0.25) is 0 Å². The summed E-state index contributed by atoms with van der Waals surface area (Å²) in [7, 11) is 0. The van der Waals surface area contributed by atoms with Gasteiger partial charge in [0.05, 0.1) is 0 Å². The molecule has 2 saturated carbocycles. The van der Waals surface area contributed by atoms with Crippen LogP contribution in [0.2, 0.25) is 0 Å². The summed E-state index contributed by atoms with van der Waals surface area (Å²) in [4.78, 5) is 0. The van der Waals surface area contributed by atoms with E-state index >= 15 is 0 Å². The van der Waals surface area contributed by atoms with Gasteiger partial charge in [0.1, 0.15) is 0 Å². The maximum Gasteiger partial charge on any atom is 0.00500 e. The minimum atomic E-state index is 0.921. The lowest BCUT2D eigenvalue weighted by Crippen LogP contribution is -2.24. The number of hydrogen-bond donors (Lipinski definition) is 0. The van der Waals surface area contributed by atoms with Crippen LogP contribution < -0.4 is 0 Å². The molecule has 0 amide bonds. The van der Waals surface area contributed by atoms with Crippen LogP contribution in [0.5, 0.6) is 0 Å². The number of allylic oxidation sites excluding steroid dienone is 1. The number of rotatable bonds is 5. The average Bonchev–Trinajstić information content (AvgIpc) is 2.61. The predicted molar refractivity (Wildman–Crippen MR) is 100 cm³/mol. The van der Waals surface area contributed by atoms with Gasteiger partial charge in [0, 0.05) is 5.92 Å². The molecule has 0 aliphatic heterocycles. The molecule has 1 aromatic carbocycles. The van der Waals surface area contributed by atoms with Gasteiger partial charge in [0.15, 0.2) is 0 Å². The first-order valence-electron chi connectivity index (χ1n) is 9.63. The Morgan fingerprint density at radius 1 is 0.957 bits per heavy atom. The van der Waals surface area contributed by atoms with Gasteiger partial charge < -0.3 is 0 Å². The van der Waals surface area contributed by atoms with E-state index in [1.165, 1.54) is 75.3 Å². The molecule has 0 atom stereocenters. The van der Waals surface area contributed by atoms with E-state index in [0.717, 1.165) is 11.8 Å². The molecule has 23 heavy (non-hydrogen) atoms. The molecule has 0 aromatic heterocycles. The van der Waals surface area contributed by atoms with Crippen LogP contribution >= 0.6 is 0 Å². The largest absolute Gasteiger partial charge is 0.103 e. The highest BCUT2D eigenvalue weighted by Crippen LogP contribution is 2.45. The highest BCUT2D eigenvalue weighted by atomic mass is 14.4. The first-order valence-corrected chi connectivity index (χ1v) is 9.63. The van der Waals surface area contributed by atoms with Crippen LogP contribution in [0.15, 0.2) is 36.9 Å². The zero-order chi connectivity index (χ0) is 16.1. The van der Waals surface area contributed by atoms with Crippen molar-refractivity contribution in [2.45, 2.75) is 71.1 Å². The summed E-state index contributed by atoms with van der Waals surface area (Å²) < 4.78 is 0. The van der Waals surface area contributed by atoms with E-state index in [2.05, 4.69) is 43.8 Å². The zero-order valence-electron chi connectivity index (χ0n) is 14.8. The van der Waals surface area contributed by atoms with Crippen molar-refractivity contribution in [2.24, 2.45) is 11.8 Å². The molecule has 3 rings (SSSR count). The summed E-state index contributed by atoms with van der Waals surface area (Å²) in [5.41, 5.74) is 2.86. The second-order valence-corrected chi connectivity index (χ2v) is 7.71. The Hall–Kier alpha value is -1.04. The normalized spacial score (nSPS) is 22.3. The molecule has 0 unspecified atom stereocenters. The van der Waals surface area contributed by atoms with Crippen LogP contribution in [-0.2, 0) is 0 Å². The molecular weight excluding hydrogens is 276 g/mol. The minimum Gasteiger partial charge on any atom is -0.103 e. The van der Waals surface area contributed by atoms with Gasteiger partial charge >= 0.3 is 0 Å². The van der Waals surface area contributed by atoms with Crippen LogP contribution in [0.25, 0.3) is 0 Å². The molecule has 124 valence electrons. The third kappa shape index (κ3) is 4.49. The molecule has 0 N–H and O–H groups in total. The Bertz CT molecular complexity index is 467. The second-order valence-electron chi connectivity index (χ2n) is 7.71. The van der Waals surface area contributed by atoms with Gasteiger partial charge in [-0.05, 0) is 94.4 Å². The summed E-state index contributed by atoms with van der Waals surface area (Å²) in [6.45, 7) is 6.04. The monoisotopic (exact) mass is 308 g/mol. The van der Waals surface area contributed by atoms with Crippen LogP contribution in [-0.4, -0.2) is 0 Å². The van der Waals surface area contributed by atoms with E-state index in [9.17, 15) is 0 Å². The van der Waals surface area contributed by atoms with Crippen molar-refractivity contribution in [3.8, 4) is 0 Å². The van der Waals surface area contributed by atoms with Gasteiger partial charge in [0.2, 0.25) is 0 Å². The molecule has 2 radical (unpaired) electrons. The van der Waals surface area contributed by atoms with Gasteiger partial charge in [-0.25, -0.2) is 0 Å². The fourth-order valence-corrected chi connectivity index (χ4v) is 4.55. The fraction of sp³-hybridized carbons (Fsp3) is 0.565. The van der Waals surface area contributed by atoms with Crippen LogP contribution in [0.3, 0.4) is 0 Å². The lowest BCUT2D eigenvalue weighted by atomic mass is 9.68. The van der Waals surface area contributed by atoms with Gasteiger partial charge in [-0.15, -0.1) is 6.58 Å². The smallest absolute Gasteiger partial charge is 0.00500 e. The summed E-state index contributed by atoms with van der Waals surface area (Å²) in [5, 5.41) is 0. The van der Waals surface area contributed by atoms with E-state index in [0.29, 0.717) is 0 Å². The molecule has 0 nitrogen and oxygen atoms in total. The Labute approximate surface area is 143 Å². The third-order valence-corrected chi connectivity index (χ3v) is 6.15. The highest BCUT2D eigenvalue weighted by molar-refractivity contribution is 5.33. The van der Waals surface area contributed by atoms with E-state index in [1.54, 1.807) is 5.92 Å². The molecule has 0 heteroatoms. The fourth-order valence-electron chi connectivity index (χ4n) is 4.55. The number of aryl methyl sites for hydroxylation is 1. The molecule has 1 aromatic rings. The van der Waals surface area contributed by atoms with E-state index in [4.69, 9.17) is 0 Å². The van der Waals surface area contributed by atoms with Crippen LogP contribution in [0, 0.1) is 30.6 Å². The Balaban J connectivity index is 1.44. The zero-order valence-corrected chi connectivity index (χ0v) is 14.8. The summed E-state index contributed by atoms with van der Waals surface area (Å²) in [6.07, 6.45) is 15.8. The highest BCUT2D eigenvalue weighted by Gasteiger charge is 2.31. The Morgan fingerprint density at radius 2 is 1.61 bits per heavy atom. The quantitative estimate of drug-likeness (QED) is 0.522. The predicted octanol–water partition coefficient (Wildman–Crippen LogP) is 6.84. The Morgan fingerprint density at radius 3 is 2.22 bits per heavy atom. The number of hydrogen-bond acceptors (Lipinski definition) is 0. The van der Waals surface area contributed by atoms with Crippen molar-refractivity contribution in [3.63, 3.8) is 0 Å². The van der Waals surface area contributed by atoms with E-state index in [-0.39, 0.29) is 0 Å². The summed E-state index contributed by atoms with van der Waals surface area (Å²) in [5.74, 6) is 5.49. The van der Waals surface area contributed by atoms with Crippen molar-refractivity contribution < 1.29 is 0 Å². The maximum atomic E-state index is 3.86. The van der Waals surface area contributed by atoms with Crippen molar-refractivity contribution in [3.05, 3.63) is 59.9 Å². The van der Waals surface area contributed by atoms with Gasteiger partial charge in [-0.2, -0.15) is 0 Å². The molecule has 0 heterocycles. The van der Waals surface area contributed by atoms with Crippen molar-refractivity contribution in [1.29, 1.82) is 0 Å². The van der Waals surface area contributed by atoms with Crippen LogP contribution in [0.4, 0.5) is 0 Å². The van der Waals surface area contributed by atoms with Crippen molar-refractivity contribution >= 4 is 0 Å². The first kappa shape index (κ1) is 16.8. The van der Waals surface area contributed by atoms with E-state index < -0.39 is 0 Å². The van der Waals surface area contributed by atoms with Crippen molar-refractivity contribution in [1.82, 2.24) is 0 Å². The lowest BCUT2D eigenvalue weighted by molar-refractivity contribution is 0.288. The molecule has 0 bridgehead atoms. The average molecular weight is 309 g/mol. The molecule has 2 fully saturated rings. The third-order valence-electron chi connectivity index (χ3n) is 6.15.